The average Bonchev–Trinajstić information content (AvgIpc) is 3.11. The molecule has 1 aromatic heterocycles. The quantitative estimate of drug-likeness (QED) is 0.407. The maximum Gasteiger partial charge on any atom is 0.271 e. The van der Waals surface area contributed by atoms with Crippen molar-refractivity contribution >= 4 is 28.4 Å². The molecule has 0 atom stereocenters. The number of anilines is 1. The first-order valence-electron chi connectivity index (χ1n) is 8.23. The van der Waals surface area contributed by atoms with Gasteiger partial charge in [0.05, 0.1) is 21.7 Å². The fourth-order valence-corrected chi connectivity index (χ4v) is 2.76. The lowest BCUT2D eigenvalue weighted by Gasteiger charge is -2.09. The van der Waals surface area contributed by atoms with E-state index in [9.17, 15) is 19.3 Å². The molecule has 138 valence electrons. The molecule has 0 saturated heterocycles. The van der Waals surface area contributed by atoms with Crippen molar-refractivity contribution in [1.82, 2.24) is 4.98 Å². The zero-order valence-corrected chi connectivity index (χ0v) is 14.3. The van der Waals surface area contributed by atoms with E-state index in [1.165, 1.54) is 36.4 Å². The van der Waals surface area contributed by atoms with Gasteiger partial charge in [-0.05, 0) is 30.3 Å². The smallest absolute Gasteiger partial charge is 0.271 e. The van der Waals surface area contributed by atoms with Gasteiger partial charge in [0.2, 0.25) is 5.89 Å². The van der Waals surface area contributed by atoms with E-state index in [0.29, 0.717) is 22.4 Å². The van der Waals surface area contributed by atoms with Crippen LogP contribution in [0.5, 0.6) is 0 Å². The summed E-state index contributed by atoms with van der Waals surface area (Å²) in [6, 6.07) is 16.5. The monoisotopic (exact) mass is 377 g/mol. The van der Waals surface area contributed by atoms with E-state index in [0.717, 1.165) is 0 Å². The Morgan fingerprint density at radius 2 is 1.82 bits per heavy atom. The molecule has 0 saturated carbocycles. The summed E-state index contributed by atoms with van der Waals surface area (Å²) in [6.07, 6.45) is 0. The number of aromatic nitrogens is 1. The number of non-ortho nitro benzene ring substituents is 1. The highest BCUT2D eigenvalue weighted by Gasteiger charge is 2.17. The molecule has 3 aromatic carbocycles. The second-order valence-electron chi connectivity index (χ2n) is 5.91. The van der Waals surface area contributed by atoms with Gasteiger partial charge in [0.15, 0.2) is 5.58 Å². The number of carbonyl (C=O) groups is 1. The number of halogens is 1. The van der Waals surface area contributed by atoms with Gasteiger partial charge in [-0.15, -0.1) is 0 Å². The predicted octanol–water partition coefficient (Wildman–Crippen LogP) is 4.79. The number of fused-ring (bicyclic) bond motifs is 1. The molecule has 28 heavy (non-hydrogen) atoms. The van der Waals surface area contributed by atoms with Crippen LogP contribution < -0.4 is 5.32 Å². The number of nitro groups is 1. The molecule has 0 bridgehead atoms. The molecule has 0 radical (unpaired) electrons. The third kappa shape index (κ3) is 3.18. The van der Waals surface area contributed by atoms with Gasteiger partial charge in [0.1, 0.15) is 11.3 Å². The van der Waals surface area contributed by atoms with Gasteiger partial charge in [-0.1, -0.05) is 24.3 Å². The van der Waals surface area contributed by atoms with Gasteiger partial charge in [0.25, 0.3) is 11.6 Å². The molecule has 7 nitrogen and oxygen atoms in total. The summed E-state index contributed by atoms with van der Waals surface area (Å²) in [5.74, 6) is -1.07. The number of hydrogen-bond acceptors (Lipinski definition) is 5. The number of rotatable bonds is 4. The highest BCUT2D eigenvalue weighted by Crippen LogP contribution is 2.31. The van der Waals surface area contributed by atoms with Crippen LogP contribution in [0.1, 0.15) is 10.4 Å². The van der Waals surface area contributed by atoms with Crippen LogP contribution in [-0.4, -0.2) is 15.8 Å². The summed E-state index contributed by atoms with van der Waals surface area (Å²) in [5, 5.41) is 13.6. The second-order valence-corrected chi connectivity index (χ2v) is 5.91. The van der Waals surface area contributed by atoms with E-state index in [1.54, 1.807) is 30.3 Å². The summed E-state index contributed by atoms with van der Waals surface area (Å²) in [5.41, 5.74) is 1.33. The lowest BCUT2D eigenvalue weighted by atomic mass is 10.1. The Hall–Kier alpha value is -4.07. The number of nitrogens with one attached hydrogen (secondary N) is 1. The average molecular weight is 377 g/mol. The van der Waals surface area contributed by atoms with E-state index in [2.05, 4.69) is 10.3 Å². The lowest BCUT2D eigenvalue weighted by molar-refractivity contribution is -0.384. The summed E-state index contributed by atoms with van der Waals surface area (Å²) in [4.78, 5) is 27.1. The zero-order chi connectivity index (χ0) is 19.7. The molecule has 0 aliphatic carbocycles. The minimum absolute atomic E-state index is 0.0921. The van der Waals surface area contributed by atoms with Crippen LogP contribution in [0.15, 0.2) is 71.1 Å². The number of para-hydroxylation sites is 1. The van der Waals surface area contributed by atoms with E-state index in [4.69, 9.17) is 4.42 Å². The number of nitro benzene ring substituents is 1. The molecule has 0 spiro atoms. The van der Waals surface area contributed by atoms with E-state index >= 15 is 0 Å². The van der Waals surface area contributed by atoms with Gasteiger partial charge in [-0.25, -0.2) is 9.37 Å². The molecule has 1 heterocycles. The Labute approximate surface area is 157 Å². The first-order chi connectivity index (χ1) is 13.5. The SMILES string of the molecule is O=C(Nc1ccccc1-c1nc2cc([N+](=O)[O-])ccc2o1)c1ccccc1F. The molecule has 1 amide bonds. The lowest BCUT2D eigenvalue weighted by Crippen LogP contribution is -2.14. The Balaban J connectivity index is 1.72. The van der Waals surface area contributed by atoms with Crippen LogP contribution >= 0.6 is 0 Å². The molecule has 0 aliphatic heterocycles. The highest BCUT2D eigenvalue weighted by atomic mass is 19.1. The van der Waals surface area contributed by atoms with Crippen molar-refractivity contribution in [2.24, 2.45) is 0 Å². The van der Waals surface area contributed by atoms with Gasteiger partial charge in [0, 0.05) is 12.1 Å². The van der Waals surface area contributed by atoms with Crippen molar-refractivity contribution in [3.05, 3.63) is 88.2 Å². The van der Waals surface area contributed by atoms with Crippen molar-refractivity contribution in [3.8, 4) is 11.5 Å². The Morgan fingerprint density at radius 3 is 2.61 bits per heavy atom. The van der Waals surface area contributed by atoms with Gasteiger partial charge in [-0.2, -0.15) is 0 Å². The molecule has 0 fully saturated rings. The summed E-state index contributed by atoms with van der Waals surface area (Å²) in [7, 11) is 0. The fraction of sp³-hybridized carbons (Fsp3) is 0. The van der Waals surface area contributed by atoms with Crippen molar-refractivity contribution in [2.45, 2.75) is 0 Å². The van der Waals surface area contributed by atoms with Crippen molar-refractivity contribution < 1.29 is 18.5 Å². The molecule has 4 aromatic rings. The van der Waals surface area contributed by atoms with Crippen molar-refractivity contribution in [2.75, 3.05) is 5.32 Å². The van der Waals surface area contributed by atoms with Crippen LogP contribution in [-0.2, 0) is 0 Å². The van der Waals surface area contributed by atoms with Gasteiger partial charge < -0.3 is 9.73 Å². The largest absolute Gasteiger partial charge is 0.436 e. The van der Waals surface area contributed by atoms with Crippen molar-refractivity contribution in [1.29, 1.82) is 0 Å². The van der Waals surface area contributed by atoms with Gasteiger partial charge >= 0.3 is 0 Å². The maximum atomic E-state index is 13.9. The molecule has 4 rings (SSSR count). The highest BCUT2D eigenvalue weighted by molar-refractivity contribution is 6.06. The third-order valence-corrected chi connectivity index (χ3v) is 4.11. The number of nitrogens with zero attached hydrogens (tertiary/aromatic N) is 2. The number of amides is 1. The van der Waals surface area contributed by atoms with Crippen LogP contribution in [0.3, 0.4) is 0 Å². The Morgan fingerprint density at radius 1 is 1.07 bits per heavy atom. The van der Waals surface area contributed by atoms with E-state index in [-0.39, 0.29) is 17.1 Å². The van der Waals surface area contributed by atoms with Crippen LogP contribution in [0.2, 0.25) is 0 Å². The normalized spacial score (nSPS) is 10.8. The maximum absolute atomic E-state index is 13.9. The third-order valence-electron chi connectivity index (χ3n) is 4.11. The first-order valence-corrected chi connectivity index (χ1v) is 8.23. The van der Waals surface area contributed by atoms with Crippen LogP contribution in [0.4, 0.5) is 15.8 Å². The van der Waals surface area contributed by atoms with E-state index < -0.39 is 16.6 Å². The minimum atomic E-state index is -0.633. The standard InChI is InChI=1S/C20H12FN3O4/c21-15-7-3-1-5-13(15)19(25)22-16-8-4-2-6-14(16)20-23-17-11-12(24(26)27)9-10-18(17)28-20/h1-11H,(H,22,25). The molecule has 0 aliphatic rings. The van der Waals surface area contributed by atoms with Crippen LogP contribution in [0.25, 0.3) is 22.6 Å². The number of oxazole rings is 1. The number of carbonyl (C=O) groups excluding carboxylic acids is 1. The molecular formula is C20H12FN3O4. The predicted molar refractivity (Wildman–Crippen MR) is 100 cm³/mol. The summed E-state index contributed by atoms with van der Waals surface area (Å²) in [6.45, 7) is 0. The second kappa shape index (κ2) is 6.92. The Kier molecular flexibility index (Phi) is 4.29. The van der Waals surface area contributed by atoms with Crippen LogP contribution in [0, 0.1) is 15.9 Å². The topological polar surface area (TPSA) is 98.3 Å². The van der Waals surface area contributed by atoms with E-state index in [1.807, 2.05) is 0 Å². The van der Waals surface area contributed by atoms with Gasteiger partial charge in [-0.3, -0.25) is 14.9 Å². The molecular weight excluding hydrogens is 365 g/mol. The Bertz CT molecular complexity index is 1220. The molecule has 0 unspecified atom stereocenters. The number of hydrogen-bond donors (Lipinski definition) is 1. The summed E-state index contributed by atoms with van der Waals surface area (Å²) < 4.78 is 19.5. The molecule has 1 N–H and O–H groups in total. The minimum Gasteiger partial charge on any atom is -0.436 e. The van der Waals surface area contributed by atoms with Crippen molar-refractivity contribution in [3.63, 3.8) is 0 Å². The fourth-order valence-electron chi connectivity index (χ4n) is 2.76. The zero-order valence-electron chi connectivity index (χ0n) is 14.3. The molecule has 8 heteroatoms. The summed E-state index contributed by atoms with van der Waals surface area (Å²) >= 11 is 0. The number of benzene rings is 3. The first kappa shape index (κ1) is 17.3.